The molecule has 152 valence electrons. The first-order valence-corrected chi connectivity index (χ1v) is 9.52. The minimum atomic E-state index is -0.662. The lowest BCUT2D eigenvalue weighted by Gasteiger charge is -2.36. The Hall–Kier alpha value is -2.80. The number of halogens is 3. The Bertz CT molecular complexity index is 1050. The normalized spacial score (nSPS) is 18.8. The van der Waals surface area contributed by atoms with Crippen LogP contribution in [0.25, 0.3) is 22.2 Å². The number of carbonyl (C=O) groups is 1. The molecule has 0 aliphatic heterocycles. The SMILES string of the molecule is CN(C)CC(=O)NC1CC(c2c(-c3ccc(F)cc3)[nH]c3c(F)cc(F)cc23)C1. The maximum atomic E-state index is 14.4. The molecule has 1 aliphatic rings. The maximum absolute atomic E-state index is 14.4. The molecule has 2 aromatic carbocycles. The number of hydrogen-bond donors (Lipinski definition) is 2. The summed E-state index contributed by atoms with van der Waals surface area (Å²) in [6.07, 6.45) is 1.36. The average molecular weight is 401 g/mol. The first kappa shape index (κ1) is 19.5. The van der Waals surface area contributed by atoms with Crippen LogP contribution in [0, 0.1) is 17.5 Å². The molecule has 3 aromatic rings. The summed E-state index contributed by atoms with van der Waals surface area (Å²) in [4.78, 5) is 16.8. The summed E-state index contributed by atoms with van der Waals surface area (Å²) < 4.78 is 41.7. The number of aromatic amines is 1. The van der Waals surface area contributed by atoms with Gasteiger partial charge in [0.2, 0.25) is 5.91 Å². The van der Waals surface area contributed by atoms with E-state index in [1.165, 1.54) is 18.2 Å². The average Bonchev–Trinajstić information content (AvgIpc) is 2.97. The number of benzene rings is 2. The lowest BCUT2D eigenvalue weighted by atomic mass is 9.74. The van der Waals surface area contributed by atoms with E-state index in [2.05, 4.69) is 10.3 Å². The fraction of sp³-hybridized carbons (Fsp3) is 0.318. The third-order valence-electron chi connectivity index (χ3n) is 5.37. The van der Waals surface area contributed by atoms with Gasteiger partial charge in [-0.3, -0.25) is 4.79 Å². The van der Waals surface area contributed by atoms with Gasteiger partial charge in [0.1, 0.15) is 17.5 Å². The predicted octanol–water partition coefficient (Wildman–Crippen LogP) is 4.18. The number of fused-ring (bicyclic) bond motifs is 1. The van der Waals surface area contributed by atoms with Crippen molar-refractivity contribution in [1.29, 1.82) is 0 Å². The summed E-state index contributed by atoms with van der Waals surface area (Å²) in [6, 6.07) is 8.12. The van der Waals surface area contributed by atoms with Crippen molar-refractivity contribution in [2.45, 2.75) is 24.8 Å². The van der Waals surface area contributed by atoms with Gasteiger partial charge >= 0.3 is 0 Å². The zero-order valence-corrected chi connectivity index (χ0v) is 16.2. The maximum Gasteiger partial charge on any atom is 0.234 e. The number of H-pyrrole nitrogens is 1. The van der Waals surface area contributed by atoms with Crippen LogP contribution >= 0.6 is 0 Å². The Morgan fingerprint density at radius 1 is 1.10 bits per heavy atom. The van der Waals surface area contributed by atoms with Crippen molar-refractivity contribution in [2.75, 3.05) is 20.6 Å². The summed E-state index contributed by atoms with van der Waals surface area (Å²) in [5.74, 6) is -1.68. The van der Waals surface area contributed by atoms with Crippen molar-refractivity contribution in [1.82, 2.24) is 15.2 Å². The van der Waals surface area contributed by atoms with E-state index in [1.54, 1.807) is 17.0 Å². The van der Waals surface area contributed by atoms with Crippen LogP contribution < -0.4 is 5.32 Å². The fourth-order valence-corrected chi connectivity index (χ4v) is 4.04. The van der Waals surface area contributed by atoms with E-state index in [0.29, 0.717) is 36.0 Å². The highest BCUT2D eigenvalue weighted by Gasteiger charge is 2.35. The van der Waals surface area contributed by atoms with Gasteiger partial charge in [-0.2, -0.15) is 0 Å². The molecule has 7 heteroatoms. The lowest BCUT2D eigenvalue weighted by Crippen LogP contribution is -2.46. The number of amides is 1. The van der Waals surface area contributed by atoms with E-state index in [0.717, 1.165) is 11.6 Å². The highest BCUT2D eigenvalue weighted by atomic mass is 19.1. The molecular weight excluding hydrogens is 379 g/mol. The smallest absolute Gasteiger partial charge is 0.234 e. The first-order valence-electron chi connectivity index (χ1n) is 9.52. The molecule has 1 fully saturated rings. The number of aromatic nitrogens is 1. The van der Waals surface area contributed by atoms with Crippen molar-refractivity contribution in [3.8, 4) is 11.3 Å². The molecule has 1 aromatic heterocycles. The van der Waals surface area contributed by atoms with Crippen LogP contribution in [0.2, 0.25) is 0 Å². The molecule has 0 atom stereocenters. The Kier molecular flexibility index (Phi) is 5.08. The van der Waals surface area contributed by atoms with Crippen LogP contribution in [0.15, 0.2) is 36.4 Å². The van der Waals surface area contributed by atoms with Crippen LogP contribution in [-0.4, -0.2) is 42.5 Å². The molecule has 1 amide bonds. The largest absolute Gasteiger partial charge is 0.352 e. The van der Waals surface area contributed by atoms with E-state index >= 15 is 0 Å². The van der Waals surface area contributed by atoms with Gasteiger partial charge in [-0.25, -0.2) is 13.2 Å². The molecule has 29 heavy (non-hydrogen) atoms. The monoisotopic (exact) mass is 401 g/mol. The minimum Gasteiger partial charge on any atom is -0.352 e. The molecule has 1 saturated carbocycles. The van der Waals surface area contributed by atoms with Crippen LogP contribution in [-0.2, 0) is 4.79 Å². The van der Waals surface area contributed by atoms with Crippen molar-refractivity contribution < 1.29 is 18.0 Å². The quantitative estimate of drug-likeness (QED) is 0.674. The molecule has 4 rings (SSSR count). The summed E-state index contributed by atoms with van der Waals surface area (Å²) in [6.45, 7) is 0.311. The first-order chi connectivity index (χ1) is 13.8. The standard InChI is InChI=1S/C22H22F3N3O/c1-28(2)11-19(29)26-16-7-13(8-16)20-17-9-15(24)10-18(25)22(17)27-21(20)12-3-5-14(23)6-4-12/h3-6,9-10,13,16,27H,7-8,11H2,1-2H3,(H,26,29). The summed E-state index contributed by atoms with van der Waals surface area (Å²) in [5.41, 5.74) is 2.41. The molecule has 0 unspecified atom stereocenters. The van der Waals surface area contributed by atoms with Crippen LogP contribution in [0.4, 0.5) is 13.2 Å². The lowest BCUT2D eigenvalue weighted by molar-refractivity contribution is -0.123. The zero-order valence-electron chi connectivity index (χ0n) is 16.2. The van der Waals surface area contributed by atoms with Gasteiger partial charge in [0.05, 0.1) is 17.8 Å². The second kappa shape index (κ2) is 7.55. The van der Waals surface area contributed by atoms with Gasteiger partial charge in [-0.05, 0) is 74.3 Å². The zero-order chi connectivity index (χ0) is 20.7. The van der Waals surface area contributed by atoms with Gasteiger partial charge in [0.15, 0.2) is 0 Å². The third-order valence-corrected chi connectivity index (χ3v) is 5.37. The van der Waals surface area contributed by atoms with Gasteiger partial charge in [-0.15, -0.1) is 0 Å². The second-order valence-corrected chi connectivity index (χ2v) is 7.90. The molecule has 0 saturated heterocycles. The summed E-state index contributed by atoms with van der Waals surface area (Å²) in [7, 11) is 3.65. The molecule has 4 nitrogen and oxygen atoms in total. The molecule has 1 heterocycles. The van der Waals surface area contributed by atoms with Crippen molar-refractivity contribution in [3.63, 3.8) is 0 Å². The Morgan fingerprint density at radius 2 is 1.79 bits per heavy atom. The van der Waals surface area contributed by atoms with Crippen LogP contribution in [0.5, 0.6) is 0 Å². The summed E-state index contributed by atoms with van der Waals surface area (Å²) in [5, 5.41) is 3.48. The second-order valence-electron chi connectivity index (χ2n) is 7.90. The van der Waals surface area contributed by atoms with E-state index in [4.69, 9.17) is 0 Å². The molecule has 0 spiro atoms. The van der Waals surface area contributed by atoms with Gasteiger partial charge in [0, 0.05) is 17.5 Å². The van der Waals surface area contributed by atoms with Gasteiger partial charge in [-0.1, -0.05) is 0 Å². The topological polar surface area (TPSA) is 48.1 Å². The number of nitrogens with one attached hydrogen (secondary N) is 2. The minimum absolute atomic E-state index is 0.0249. The van der Waals surface area contributed by atoms with Crippen molar-refractivity contribution >= 4 is 16.8 Å². The number of carbonyl (C=O) groups excluding carboxylic acids is 1. The van der Waals surface area contributed by atoms with Crippen molar-refractivity contribution in [2.24, 2.45) is 0 Å². The van der Waals surface area contributed by atoms with E-state index in [1.807, 2.05) is 14.1 Å². The van der Waals surface area contributed by atoms with E-state index in [-0.39, 0.29) is 29.2 Å². The van der Waals surface area contributed by atoms with Gasteiger partial charge < -0.3 is 15.2 Å². The number of likely N-dealkylation sites (N-methyl/N-ethyl adjacent to an activating group) is 1. The predicted molar refractivity (Wildman–Crippen MR) is 106 cm³/mol. The van der Waals surface area contributed by atoms with Crippen LogP contribution in [0.3, 0.4) is 0 Å². The third kappa shape index (κ3) is 3.87. The molecule has 0 bridgehead atoms. The Morgan fingerprint density at radius 3 is 2.45 bits per heavy atom. The molecule has 1 aliphatic carbocycles. The van der Waals surface area contributed by atoms with E-state index < -0.39 is 11.6 Å². The molecule has 2 N–H and O–H groups in total. The molecule has 0 radical (unpaired) electrons. The number of rotatable bonds is 5. The van der Waals surface area contributed by atoms with Crippen LogP contribution in [0.1, 0.15) is 24.3 Å². The highest BCUT2D eigenvalue weighted by Crippen LogP contribution is 2.45. The number of hydrogen-bond acceptors (Lipinski definition) is 2. The molecular formula is C22H22F3N3O. The Balaban J connectivity index is 1.67. The highest BCUT2D eigenvalue weighted by molar-refractivity contribution is 5.92. The number of nitrogens with zero attached hydrogens (tertiary/aromatic N) is 1. The Labute approximate surface area is 166 Å². The van der Waals surface area contributed by atoms with Gasteiger partial charge in [0.25, 0.3) is 0 Å². The van der Waals surface area contributed by atoms with E-state index in [9.17, 15) is 18.0 Å². The van der Waals surface area contributed by atoms with Crippen molar-refractivity contribution in [3.05, 3.63) is 59.4 Å². The fourth-order valence-electron chi connectivity index (χ4n) is 4.04. The summed E-state index contributed by atoms with van der Waals surface area (Å²) >= 11 is 0.